The summed E-state index contributed by atoms with van der Waals surface area (Å²) in [5, 5.41) is 35.4. The van der Waals surface area contributed by atoms with Gasteiger partial charge in [-0.1, -0.05) is 27.2 Å². The zero-order chi connectivity index (χ0) is 32.3. The maximum atomic E-state index is 13.2. The van der Waals surface area contributed by atoms with Crippen LogP contribution in [-0.4, -0.2) is 66.9 Å². The molecular formula is C34H43N5O6. The number of aromatic nitrogens is 3. The second kappa shape index (κ2) is 11.1. The maximum Gasteiger partial charge on any atom is 0.289 e. The lowest BCUT2D eigenvalue weighted by molar-refractivity contribution is -0.258. The van der Waals surface area contributed by atoms with E-state index in [0.29, 0.717) is 53.7 Å². The van der Waals surface area contributed by atoms with Gasteiger partial charge in [0.25, 0.3) is 11.8 Å². The lowest BCUT2D eigenvalue weighted by Gasteiger charge is -2.66. The van der Waals surface area contributed by atoms with Crippen molar-refractivity contribution in [2.45, 2.75) is 90.1 Å². The molecule has 2 aromatic carbocycles. The third-order valence-corrected chi connectivity index (χ3v) is 9.95. The van der Waals surface area contributed by atoms with Gasteiger partial charge >= 0.3 is 0 Å². The number of benzene rings is 2. The normalized spacial score (nSPS) is 26.3. The Balaban J connectivity index is 1.24. The van der Waals surface area contributed by atoms with E-state index in [1.54, 1.807) is 37.3 Å². The van der Waals surface area contributed by atoms with E-state index in [1.165, 1.54) is 10.6 Å². The average molecular weight is 618 g/mol. The number of carbonyl (C=O) groups excluding carboxylic acids is 2. The molecule has 1 unspecified atom stereocenters. The molecule has 240 valence electrons. The van der Waals surface area contributed by atoms with Crippen molar-refractivity contribution in [3.05, 3.63) is 53.3 Å². The van der Waals surface area contributed by atoms with Gasteiger partial charge < -0.3 is 30.3 Å². The third kappa shape index (κ3) is 4.87. The number of nitrogens with zero attached hydrogens (tertiary/aromatic N) is 3. The van der Waals surface area contributed by atoms with E-state index in [9.17, 15) is 19.8 Å². The Kier molecular flexibility index (Phi) is 7.68. The van der Waals surface area contributed by atoms with Crippen LogP contribution in [0.4, 0.5) is 0 Å². The van der Waals surface area contributed by atoms with Crippen LogP contribution in [0.3, 0.4) is 0 Å². The fourth-order valence-corrected chi connectivity index (χ4v) is 8.13. The van der Waals surface area contributed by atoms with Crippen LogP contribution in [0.15, 0.2) is 36.4 Å². The molecule has 1 aliphatic heterocycles. The first-order chi connectivity index (χ1) is 21.3. The molecule has 3 aliphatic rings. The number of nitrogens with one attached hydrogen (secondary N) is 2. The second-order valence-corrected chi connectivity index (χ2v) is 13.3. The summed E-state index contributed by atoms with van der Waals surface area (Å²) < 4.78 is 14.6. The number of ether oxygens (including phenoxy) is 2. The van der Waals surface area contributed by atoms with Gasteiger partial charge in [0, 0.05) is 30.4 Å². The largest absolute Gasteiger partial charge is 0.508 e. The van der Waals surface area contributed by atoms with Crippen molar-refractivity contribution in [1.82, 2.24) is 25.4 Å². The molecule has 3 aromatic rings. The van der Waals surface area contributed by atoms with Crippen LogP contribution in [0, 0.1) is 11.8 Å². The van der Waals surface area contributed by atoms with Crippen molar-refractivity contribution in [3.8, 4) is 28.6 Å². The number of carbonyl (C=O) groups is 2. The van der Waals surface area contributed by atoms with Gasteiger partial charge in [-0.05, 0) is 93.7 Å². The molecule has 0 spiro atoms. The SMILES string of the molecule is CCNC(=O)c1nnc(-c2cc(C(C)C)c(O)cc2O)n1-c1ccc(C(=O)NCC[C@]23OC(C)(C)O[C@]24CCC[C@@H]3C4C)cc1. The van der Waals surface area contributed by atoms with E-state index < -0.39 is 11.7 Å². The quantitative estimate of drug-likeness (QED) is 0.261. The summed E-state index contributed by atoms with van der Waals surface area (Å²) in [5.74, 6) is -0.447. The van der Waals surface area contributed by atoms with E-state index in [-0.39, 0.29) is 46.2 Å². The molecule has 45 heavy (non-hydrogen) atoms. The minimum Gasteiger partial charge on any atom is -0.508 e. The molecule has 11 heteroatoms. The Bertz CT molecular complexity index is 1630. The molecule has 0 radical (unpaired) electrons. The predicted octanol–water partition coefficient (Wildman–Crippen LogP) is 5.05. The molecule has 2 heterocycles. The minimum absolute atomic E-state index is 0.0257. The van der Waals surface area contributed by atoms with Gasteiger partial charge in [0.1, 0.15) is 22.7 Å². The highest BCUT2D eigenvalue weighted by atomic mass is 16.8. The monoisotopic (exact) mass is 617 g/mol. The molecule has 4 N–H and O–H groups in total. The summed E-state index contributed by atoms with van der Waals surface area (Å²) in [6.45, 7) is 12.7. The molecule has 2 amide bonds. The van der Waals surface area contributed by atoms with Crippen molar-refractivity contribution >= 4 is 11.8 Å². The van der Waals surface area contributed by atoms with E-state index in [0.717, 1.165) is 19.3 Å². The van der Waals surface area contributed by atoms with Crippen LogP contribution in [0.2, 0.25) is 0 Å². The zero-order valence-corrected chi connectivity index (χ0v) is 26.8. The zero-order valence-electron chi connectivity index (χ0n) is 26.8. The summed E-state index contributed by atoms with van der Waals surface area (Å²) >= 11 is 0. The molecule has 6 rings (SSSR count). The van der Waals surface area contributed by atoms with Crippen molar-refractivity contribution < 1.29 is 29.3 Å². The molecule has 2 aliphatic carbocycles. The third-order valence-electron chi connectivity index (χ3n) is 9.95. The van der Waals surface area contributed by atoms with Gasteiger partial charge in [-0.2, -0.15) is 0 Å². The molecule has 3 fully saturated rings. The molecule has 2 bridgehead atoms. The highest BCUT2D eigenvalue weighted by molar-refractivity contribution is 5.95. The minimum atomic E-state index is -0.644. The van der Waals surface area contributed by atoms with Gasteiger partial charge in [-0.25, -0.2) is 0 Å². The van der Waals surface area contributed by atoms with E-state index in [2.05, 4.69) is 27.8 Å². The number of hydrogen-bond acceptors (Lipinski definition) is 8. The van der Waals surface area contributed by atoms with Crippen LogP contribution in [0.25, 0.3) is 17.1 Å². The van der Waals surface area contributed by atoms with E-state index in [1.807, 2.05) is 27.7 Å². The number of amides is 2. The summed E-state index contributed by atoms with van der Waals surface area (Å²) in [4.78, 5) is 26.2. The molecule has 1 saturated heterocycles. The number of phenolic OH excluding ortho intramolecular Hbond substituents is 2. The van der Waals surface area contributed by atoms with Crippen molar-refractivity contribution in [2.24, 2.45) is 11.8 Å². The number of phenols is 2. The highest BCUT2D eigenvalue weighted by Gasteiger charge is 2.78. The van der Waals surface area contributed by atoms with E-state index >= 15 is 0 Å². The van der Waals surface area contributed by atoms with Crippen molar-refractivity contribution in [3.63, 3.8) is 0 Å². The Morgan fingerprint density at radius 1 is 1.04 bits per heavy atom. The molecule has 2 saturated carbocycles. The molecule has 4 atom stereocenters. The van der Waals surface area contributed by atoms with Crippen LogP contribution >= 0.6 is 0 Å². The van der Waals surface area contributed by atoms with Gasteiger partial charge in [0.05, 0.1) is 5.56 Å². The topological polar surface area (TPSA) is 148 Å². The van der Waals surface area contributed by atoms with Crippen LogP contribution in [0.5, 0.6) is 11.5 Å². The van der Waals surface area contributed by atoms with E-state index in [4.69, 9.17) is 9.47 Å². The van der Waals surface area contributed by atoms with Gasteiger partial charge in [0.15, 0.2) is 11.6 Å². The fraction of sp³-hybridized carbons (Fsp3) is 0.529. The first-order valence-electron chi connectivity index (χ1n) is 15.9. The summed E-state index contributed by atoms with van der Waals surface area (Å²) in [6.07, 6.45) is 3.91. The fourth-order valence-electron chi connectivity index (χ4n) is 8.13. The Morgan fingerprint density at radius 3 is 2.44 bits per heavy atom. The van der Waals surface area contributed by atoms with Crippen molar-refractivity contribution in [1.29, 1.82) is 0 Å². The van der Waals surface area contributed by atoms with Gasteiger partial charge in [0.2, 0.25) is 5.82 Å². The number of aromatic hydroxyl groups is 2. The summed E-state index contributed by atoms with van der Waals surface area (Å²) in [6, 6.07) is 9.72. The summed E-state index contributed by atoms with van der Waals surface area (Å²) in [7, 11) is 0. The average Bonchev–Trinajstić information content (AvgIpc) is 3.51. The highest BCUT2D eigenvalue weighted by Crippen LogP contribution is 2.70. The smallest absolute Gasteiger partial charge is 0.289 e. The number of rotatable bonds is 9. The van der Waals surface area contributed by atoms with Crippen molar-refractivity contribution in [2.75, 3.05) is 13.1 Å². The van der Waals surface area contributed by atoms with Crippen LogP contribution in [0.1, 0.15) is 99.7 Å². The lowest BCUT2D eigenvalue weighted by atomic mass is 9.44. The van der Waals surface area contributed by atoms with Gasteiger partial charge in [-0.15, -0.1) is 10.2 Å². The second-order valence-electron chi connectivity index (χ2n) is 13.3. The Morgan fingerprint density at radius 2 is 1.78 bits per heavy atom. The predicted molar refractivity (Wildman–Crippen MR) is 167 cm³/mol. The Labute approximate surface area is 263 Å². The molecule has 1 aromatic heterocycles. The Hall–Kier alpha value is -3.96. The molecular weight excluding hydrogens is 574 g/mol. The van der Waals surface area contributed by atoms with Crippen LogP contribution in [-0.2, 0) is 9.47 Å². The standard InChI is InChI=1S/C34H43N5O6/c1-7-35-31(43)29-38-37-28(24-17-23(19(2)3)26(40)18-27(24)41)39(29)22-12-10-21(11-13-22)30(42)36-16-15-34-25-9-8-14-33(34,20(25)4)44-32(5,6)45-34/h10-13,17-20,25,40-41H,7-9,14-16H2,1-6H3,(H,35,43)(H,36,42)/t20?,25-,33+,34-/m1/s1. The first-order valence-corrected chi connectivity index (χ1v) is 15.9. The molecule has 11 nitrogen and oxygen atoms in total. The lowest BCUT2D eigenvalue weighted by Crippen LogP contribution is -2.75. The van der Waals surface area contributed by atoms with Crippen LogP contribution < -0.4 is 10.6 Å². The maximum absolute atomic E-state index is 13.2. The first kappa shape index (κ1) is 31.0. The number of hydrogen-bond donors (Lipinski definition) is 4. The summed E-state index contributed by atoms with van der Waals surface area (Å²) in [5.41, 5.74) is 1.26. The van der Waals surface area contributed by atoms with Gasteiger partial charge in [-0.3, -0.25) is 14.2 Å².